The monoisotopic (exact) mass is 323 g/mol. The van der Waals surface area contributed by atoms with Gasteiger partial charge in [-0.05, 0) is 62.4 Å². The molecule has 0 bridgehead atoms. The van der Waals surface area contributed by atoms with E-state index in [9.17, 15) is 0 Å². The molecule has 4 heteroatoms. The molecule has 4 nitrogen and oxygen atoms in total. The number of fused-ring (bicyclic) bond motifs is 1. The number of aromatic nitrogens is 2. The van der Waals surface area contributed by atoms with Crippen molar-refractivity contribution in [3.8, 4) is 17.1 Å². The molecular weight excluding hydrogens is 298 g/mol. The number of nitrogens with one attached hydrogen (secondary N) is 1. The summed E-state index contributed by atoms with van der Waals surface area (Å²) in [5.41, 5.74) is 13.1. The van der Waals surface area contributed by atoms with Gasteiger partial charge in [-0.1, -0.05) is 12.1 Å². The number of hydrogen-bond acceptors (Lipinski definition) is 3. The summed E-state index contributed by atoms with van der Waals surface area (Å²) in [7, 11) is 1.63. The van der Waals surface area contributed by atoms with Crippen LogP contribution in [0.5, 0.6) is 5.88 Å². The first-order chi connectivity index (χ1) is 11.7. The molecule has 0 aliphatic carbocycles. The minimum absolute atomic E-state index is 0.631. The predicted octanol–water partition coefficient (Wildman–Crippen LogP) is 4.14. The minimum atomic E-state index is 0.631. The van der Waals surface area contributed by atoms with Crippen molar-refractivity contribution in [3.63, 3.8) is 0 Å². The van der Waals surface area contributed by atoms with E-state index in [1.54, 1.807) is 7.11 Å². The highest BCUT2D eigenvalue weighted by Crippen LogP contribution is 2.34. The number of unbranched alkanes of at least 4 members (excludes halogenated alkanes) is 1. The van der Waals surface area contributed by atoms with E-state index in [4.69, 9.17) is 10.5 Å². The lowest BCUT2D eigenvalue weighted by Crippen LogP contribution is -1.99. The Labute approximate surface area is 143 Å². The van der Waals surface area contributed by atoms with Crippen molar-refractivity contribution in [3.05, 3.63) is 47.2 Å². The van der Waals surface area contributed by atoms with Gasteiger partial charge in [-0.2, -0.15) is 0 Å². The standard InChI is InChI=1S/C20H25N3O/c1-13-7-9-17-16(6-4-5-11-21)20(23-19(17)14(13)2)15-8-10-18(24-3)22-12-15/h7-10,12,23H,4-6,11,21H2,1-3H3. The van der Waals surface area contributed by atoms with E-state index in [-0.39, 0.29) is 0 Å². The SMILES string of the molecule is COc1ccc(-c2[nH]c3c(C)c(C)ccc3c2CCCCN)cn1. The van der Waals surface area contributed by atoms with Gasteiger partial charge in [0.05, 0.1) is 12.8 Å². The van der Waals surface area contributed by atoms with Crippen LogP contribution in [0.3, 0.4) is 0 Å². The fraction of sp³-hybridized carbons (Fsp3) is 0.350. The van der Waals surface area contributed by atoms with E-state index in [0.29, 0.717) is 5.88 Å². The highest BCUT2D eigenvalue weighted by Gasteiger charge is 2.15. The number of pyridine rings is 1. The second kappa shape index (κ2) is 7.05. The number of hydrogen-bond donors (Lipinski definition) is 2. The highest BCUT2D eigenvalue weighted by atomic mass is 16.5. The van der Waals surface area contributed by atoms with Crippen LogP contribution >= 0.6 is 0 Å². The summed E-state index contributed by atoms with van der Waals surface area (Å²) in [4.78, 5) is 8.00. The average Bonchev–Trinajstić information content (AvgIpc) is 2.98. The van der Waals surface area contributed by atoms with E-state index in [1.165, 1.54) is 27.6 Å². The van der Waals surface area contributed by atoms with Gasteiger partial charge < -0.3 is 15.5 Å². The number of methoxy groups -OCH3 is 1. The molecule has 24 heavy (non-hydrogen) atoms. The molecule has 0 radical (unpaired) electrons. The molecule has 2 aromatic heterocycles. The largest absolute Gasteiger partial charge is 0.481 e. The molecule has 0 amide bonds. The maximum atomic E-state index is 5.67. The van der Waals surface area contributed by atoms with Gasteiger partial charge in [-0.15, -0.1) is 0 Å². The Morgan fingerprint density at radius 3 is 2.62 bits per heavy atom. The van der Waals surface area contributed by atoms with E-state index < -0.39 is 0 Å². The molecule has 0 aliphatic rings. The first-order valence-corrected chi connectivity index (χ1v) is 8.47. The molecule has 126 valence electrons. The van der Waals surface area contributed by atoms with Gasteiger partial charge in [0.1, 0.15) is 0 Å². The van der Waals surface area contributed by atoms with Crippen molar-refractivity contribution in [2.24, 2.45) is 5.73 Å². The average molecular weight is 323 g/mol. The van der Waals surface area contributed by atoms with Crippen LogP contribution in [0.4, 0.5) is 0 Å². The van der Waals surface area contributed by atoms with Crippen molar-refractivity contribution < 1.29 is 4.74 Å². The molecule has 3 rings (SSSR count). The van der Waals surface area contributed by atoms with Crippen molar-refractivity contribution in [2.75, 3.05) is 13.7 Å². The predicted molar refractivity (Wildman–Crippen MR) is 99.5 cm³/mol. The molecule has 0 saturated heterocycles. The lowest BCUT2D eigenvalue weighted by Gasteiger charge is -2.06. The van der Waals surface area contributed by atoms with E-state index in [2.05, 4.69) is 42.0 Å². The second-order valence-corrected chi connectivity index (χ2v) is 6.24. The summed E-state index contributed by atoms with van der Waals surface area (Å²) < 4.78 is 5.17. The number of benzene rings is 1. The van der Waals surface area contributed by atoms with Crippen LogP contribution in [0.1, 0.15) is 29.5 Å². The maximum absolute atomic E-state index is 5.67. The van der Waals surface area contributed by atoms with Gasteiger partial charge in [0, 0.05) is 28.7 Å². The number of ether oxygens (including phenoxy) is 1. The molecule has 0 fully saturated rings. The smallest absolute Gasteiger partial charge is 0.212 e. The first kappa shape index (κ1) is 16.5. The Kier molecular flexibility index (Phi) is 4.86. The quantitative estimate of drug-likeness (QED) is 0.670. The van der Waals surface area contributed by atoms with E-state index in [0.717, 1.165) is 37.1 Å². The van der Waals surface area contributed by atoms with Crippen molar-refractivity contribution in [1.82, 2.24) is 9.97 Å². The molecule has 0 saturated carbocycles. The molecule has 1 aromatic carbocycles. The van der Waals surface area contributed by atoms with Crippen LogP contribution in [-0.4, -0.2) is 23.6 Å². The third-order valence-electron chi connectivity index (χ3n) is 4.73. The summed E-state index contributed by atoms with van der Waals surface area (Å²) in [6.07, 6.45) is 5.02. The summed E-state index contributed by atoms with van der Waals surface area (Å²) in [5.74, 6) is 0.631. The van der Waals surface area contributed by atoms with Gasteiger partial charge in [-0.3, -0.25) is 0 Å². The van der Waals surface area contributed by atoms with Crippen molar-refractivity contribution >= 4 is 10.9 Å². The van der Waals surface area contributed by atoms with Gasteiger partial charge in [0.25, 0.3) is 0 Å². The zero-order chi connectivity index (χ0) is 17.1. The highest BCUT2D eigenvalue weighted by molar-refractivity contribution is 5.93. The van der Waals surface area contributed by atoms with Crippen molar-refractivity contribution in [2.45, 2.75) is 33.1 Å². The van der Waals surface area contributed by atoms with Gasteiger partial charge in [0.2, 0.25) is 5.88 Å². The summed E-state index contributed by atoms with van der Waals surface area (Å²) in [6, 6.07) is 8.40. The van der Waals surface area contributed by atoms with Crippen LogP contribution in [0.25, 0.3) is 22.2 Å². The lowest BCUT2D eigenvalue weighted by molar-refractivity contribution is 0.398. The maximum Gasteiger partial charge on any atom is 0.212 e. The minimum Gasteiger partial charge on any atom is -0.481 e. The Balaban J connectivity index is 2.13. The van der Waals surface area contributed by atoms with Gasteiger partial charge in [0.15, 0.2) is 0 Å². The molecule has 0 aliphatic heterocycles. The summed E-state index contributed by atoms with van der Waals surface area (Å²) in [5, 5.41) is 1.31. The summed E-state index contributed by atoms with van der Waals surface area (Å²) in [6.45, 7) is 5.06. The normalized spacial score (nSPS) is 11.2. The topological polar surface area (TPSA) is 63.9 Å². The van der Waals surface area contributed by atoms with Gasteiger partial charge >= 0.3 is 0 Å². The Bertz CT molecular complexity index is 834. The Morgan fingerprint density at radius 1 is 1.12 bits per heavy atom. The van der Waals surface area contributed by atoms with E-state index in [1.807, 2.05) is 12.3 Å². The zero-order valence-corrected chi connectivity index (χ0v) is 14.6. The Hall–Kier alpha value is -2.33. The number of rotatable bonds is 6. The molecule has 0 unspecified atom stereocenters. The lowest BCUT2D eigenvalue weighted by atomic mass is 9.99. The number of aryl methyl sites for hydroxylation is 3. The number of nitrogens with zero attached hydrogens (tertiary/aromatic N) is 1. The fourth-order valence-electron chi connectivity index (χ4n) is 3.16. The molecule has 0 atom stereocenters. The van der Waals surface area contributed by atoms with Crippen LogP contribution in [0.15, 0.2) is 30.5 Å². The van der Waals surface area contributed by atoms with Gasteiger partial charge in [-0.25, -0.2) is 4.98 Å². The van der Waals surface area contributed by atoms with Crippen LogP contribution in [0.2, 0.25) is 0 Å². The second-order valence-electron chi connectivity index (χ2n) is 6.24. The molecule has 2 heterocycles. The summed E-state index contributed by atoms with van der Waals surface area (Å²) >= 11 is 0. The Morgan fingerprint density at radius 2 is 1.96 bits per heavy atom. The van der Waals surface area contributed by atoms with E-state index >= 15 is 0 Å². The molecular formula is C20H25N3O. The first-order valence-electron chi connectivity index (χ1n) is 8.47. The zero-order valence-electron chi connectivity index (χ0n) is 14.6. The van der Waals surface area contributed by atoms with Crippen LogP contribution in [-0.2, 0) is 6.42 Å². The molecule has 0 spiro atoms. The fourth-order valence-corrected chi connectivity index (χ4v) is 3.16. The molecule has 3 N–H and O–H groups in total. The third-order valence-corrected chi connectivity index (χ3v) is 4.73. The van der Waals surface area contributed by atoms with Crippen LogP contribution in [0, 0.1) is 13.8 Å². The number of aromatic amines is 1. The van der Waals surface area contributed by atoms with Crippen molar-refractivity contribution in [1.29, 1.82) is 0 Å². The molecule has 3 aromatic rings. The third kappa shape index (κ3) is 3.02. The number of nitrogens with two attached hydrogens (primary N) is 1. The van der Waals surface area contributed by atoms with Crippen LogP contribution < -0.4 is 10.5 Å². The number of H-pyrrole nitrogens is 1.